The highest BCUT2D eigenvalue weighted by atomic mass is 79.9. The normalized spacial score (nSPS) is 11.4. The van der Waals surface area contributed by atoms with E-state index in [4.69, 9.17) is 0 Å². The van der Waals surface area contributed by atoms with Crippen LogP contribution in [0.1, 0.15) is 225 Å². The van der Waals surface area contributed by atoms with Crippen LogP contribution in [-0.4, -0.2) is 5.33 Å². The topological polar surface area (TPSA) is 0 Å². The van der Waals surface area contributed by atoms with Gasteiger partial charge in [0.05, 0.1) is 0 Å². The van der Waals surface area contributed by atoms with Crippen LogP contribution >= 0.6 is 15.9 Å². The van der Waals surface area contributed by atoms with Gasteiger partial charge < -0.3 is 0 Å². The first-order valence-electron chi connectivity index (χ1n) is 18.6. The standard InChI is InChI=1S/C38H75Br/c1-2-3-4-5-6-7-8-9-10-11-12-13-14-15-16-17-18-19-20-21-22-23-24-25-26-27-28-29-30-31-32-33-34-35-36-37-38-39/h2H,1,3-38H2. The van der Waals surface area contributed by atoms with Crippen molar-refractivity contribution in [3.8, 4) is 0 Å². The van der Waals surface area contributed by atoms with E-state index >= 15 is 0 Å². The zero-order chi connectivity index (χ0) is 28.2. The molecule has 234 valence electrons. The van der Waals surface area contributed by atoms with E-state index in [1.54, 1.807) is 0 Å². The van der Waals surface area contributed by atoms with Crippen LogP contribution in [0.3, 0.4) is 0 Å². The molecule has 0 fully saturated rings. The molecule has 0 spiro atoms. The van der Waals surface area contributed by atoms with Crippen molar-refractivity contribution in [3.05, 3.63) is 12.7 Å². The second kappa shape index (κ2) is 38.2. The summed E-state index contributed by atoms with van der Waals surface area (Å²) in [6, 6.07) is 0. The summed E-state index contributed by atoms with van der Waals surface area (Å²) >= 11 is 3.52. The highest BCUT2D eigenvalue weighted by molar-refractivity contribution is 9.09. The number of allylic oxidation sites excluding steroid dienone is 1. The van der Waals surface area contributed by atoms with E-state index < -0.39 is 0 Å². The summed E-state index contributed by atoms with van der Waals surface area (Å²) in [5.74, 6) is 0. The highest BCUT2D eigenvalue weighted by Crippen LogP contribution is 2.17. The second-order valence-corrected chi connectivity index (χ2v) is 13.6. The van der Waals surface area contributed by atoms with Crippen molar-refractivity contribution >= 4 is 15.9 Å². The first kappa shape index (κ1) is 39.2. The van der Waals surface area contributed by atoms with Crippen molar-refractivity contribution in [2.24, 2.45) is 0 Å². The second-order valence-electron chi connectivity index (χ2n) is 12.8. The van der Waals surface area contributed by atoms with Gasteiger partial charge in [-0.3, -0.25) is 0 Å². The molecular weight excluding hydrogens is 536 g/mol. The molecule has 0 aliphatic carbocycles. The van der Waals surface area contributed by atoms with E-state index in [1.807, 2.05) is 0 Å². The van der Waals surface area contributed by atoms with Crippen LogP contribution < -0.4 is 0 Å². The first-order valence-corrected chi connectivity index (χ1v) is 19.7. The van der Waals surface area contributed by atoms with E-state index in [1.165, 1.54) is 230 Å². The van der Waals surface area contributed by atoms with Gasteiger partial charge in [0.1, 0.15) is 0 Å². The van der Waals surface area contributed by atoms with Gasteiger partial charge in [0.2, 0.25) is 0 Å². The first-order chi connectivity index (χ1) is 19.4. The van der Waals surface area contributed by atoms with Crippen molar-refractivity contribution in [1.29, 1.82) is 0 Å². The molecule has 0 radical (unpaired) electrons. The van der Waals surface area contributed by atoms with E-state index in [-0.39, 0.29) is 0 Å². The average molecular weight is 612 g/mol. The van der Waals surface area contributed by atoms with Gasteiger partial charge in [-0.15, -0.1) is 6.58 Å². The maximum absolute atomic E-state index is 3.80. The van der Waals surface area contributed by atoms with E-state index in [0.29, 0.717) is 0 Å². The van der Waals surface area contributed by atoms with E-state index in [0.717, 1.165) is 0 Å². The minimum atomic E-state index is 1.19. The number of unbranched alkanes of at least 4 members (excludes halogenated alkanes) is 34. The summed E-state index contributed by atoms with van der Waals surface area (Å²) in [6.45, 7) is 3.80. The molecule has 0 saturated heterocycles. The average Bonchev–Trinajstić information content (AvgIpc) is 2.95. The molecule has 0 atom stereocenters. The van der Waals surface area contributed by atoms with Gasteiger partial charge >= 0.3 is 0 Å². The van der Waals surface area contributed by atoms with Crippen molar-refractivity contribution in [1.82, 2.24) is 0 Å². The van der Waals surface area contributed by atoms with Gasteiger partial charge in [0.25, 0.3) is 0 Å². The number of rotatable bonds is 36. The lowest BCUT2D eigenvalue weighted by Crippen LogP contribution is -1.85. The van der Waals surface area contributed by atoms with Gasteiger partial charge in [-0.2, -0.15) is 0 Å². The predicted octanol–water partition coefficient (Wildman–Crippen LogP) is 15.2. The number of halogens is 1. The molecular formula is C38H75Br. The Balaban J connectivity index is 3.02. The molecule has 0 aromatic carbocycles. The van der Waals surface area contributed by atoms with Gasteiger partial charge in [0, 0.05) is 5.33 Å². The lowest BCUT2D eigenvalue weighted by atomic mass is 10.0. The Morgan fingerprint density at radius 3 is 0.564 bits per heavy atom. The Labute approximate surface area is 257 Å². The van der Waals surface area contributed by atoms with Crippen molar-refractivity contribution in [2.75, 3.05) is 5.33 Å². The summed E-state index contributed by atoms with van der Waals surface area (Å²) in [6.07, 6.45) is 53.2. The third kappa shape index (κ3) is 38.2. The minimum Gasteiger partial charge on any atom is -0.103 e. The van der Waals surface area contributed by atoms with Crippen LogP contribution in [0.5, 0.6) is 0 Å². The van der Waals surface area contributed by atoms with Crippen molar-refractivity contribution < 1.29 is 0 Å². The van der Waals surface area contributed by atoms with Crippen LogP contribution in [0.25, 0.3) is 0 Å². The molecule has 0 rings (SSSR count). The fourth-order valence-corrected chi connectivity index (χ4v) is 6.44. The molecule has 0 saturated carbocycles. The van der Waals surface area contributed by atoms with E-state index in [2.05, 4.69) is 28.6 Å². The zero-order valence-corrected chi connectivity index (χ0v) is 28.7. The molecule has 39 heavy (non-hydrogen) atoms. The summed E-state index contributed by atoms with van der Waals surface area (Å²) < 4.78 is 0. The lowest BCUT2D eigenvalue weighted by molar-refractivity contribution is 0.511. The Morgan fingerprint density at radius 1 is 0.256 bits per heavy atom. The SMILES string of the molecule is C=CCCCCCCCCCCCCCCCCCCCCCCCCCCCCCCCCCCCCBr. The van der Waals surface area contributed by atoms with Crippen LogP contribution in [-0.2, 0) is 0 Å². The Morgan fingerprint density at radius 2 is 0.410 bits per heavy atom. The molecule has 0 bridgehead atoms. The Hall–Kier alpha value is 0.220. The Kier molecular flexibility index (Phi) is 38.4. The van der Waals surface area contributed by atoms with Gasteiger partial charge in [-0.25, -0.2) is 0 Å². The summed E-state index contributed by atoms with van der Waals surface area (Å²) in [7, 11) is 0. The molecule has 0 aromatic heterocycles. The van der Waals surface area contributed by atoms with Crippen LogP contribution in [0.15, 0.2) is 12.7 Å². The van der Waals surface area contributed by atoms with Gasteiger partial charge in [-0.1, -0.05) is 227 Å². The van der Waals surface area contributed by atoms with Crippen molar-refractivity contribution in [2.45, 2.75) is 225 Å². The van der Waals surface area contributed by atoms with Gasteiger partial charge in [0.15, 0.2) is 0 Å². The highest BCUT2D eigenvalue weighted by Gasteiger charge is 1.97. The maximum Gasteiger partial charge on any atom is 0.00313 e. The quantitative estimate of drug-likeness (QED) is 0.0376. The monoisotopic (exact) mass is 611 g/mol. The van der Waals surface area contributed by atoms with Crippen molar-refractivity contribution in [3.63, 3.8) is 0 Å². The smallest absolute Gasteiger partial charge is 0.00313 e. The molecule has 0 aliphatic heterocycles. The fraction of sp³-hybridized carbons (Fsp3) is 0.947. The van der Waals surface area contributed by atoms with Crippen LogP contribution in [0.2, 0.25) is 0 Å². The largest absolute Gasteiger partial charge is 0.103 e. The predicted molar refractivity (Wildman–Crippen MR) is 186 cm³/mol. The summed E-state index contributed by atoms with van der Waals surface area (Å²) in [5.41, 5.74) is 0. The van der Waals surface area contributed by atoms with Crippen LogP contribution in [0.4, 0.5) is 0 Å². The molecule has 0 N–H and O–H groups in total. The Bertz CT molecular complexity index is 417. The molecule has 0 aromatic rings. The van der Waals surface area contributed by atoms with E-state index in [9.17, 15) is 0 Å². The summed E-state index contributed by atoms with van der Waals surface area (Å²) in [4.78, 5) is 0. The fourth-order valence-electron chi connectivity index (χ4n) is 6.04. The lowest BCUT2D eigenvalue weighted by Gasteiger charge is -2.05. The molecule has 0 aliphatic rings. The van der Waals surface area contributed by atoms with Crippen LogP contribution in [0, 0.1) is 0 Å². The zero-order valence-electron chi connectivity index (χ0n) is 27.1. The molecule has 1 heteroatoms. The molecule has 0 unspecified atom stereocenters. The number of hydrogen-bond acceptors (Lipinski definition) is 0. The third-order valence-electron chi connectivity index (χ3n) is 8.79. The number of hydrogen-bond donors (Lipinski definition) is 0. The number of alkyl halides is 1. The van der Waals surface area contributed by atoms with Gasteiger partial charge in [-0.05, 0) is 19.3 Å². The minimum absolute atomic E-state index is 1.19. The maximum atomic E-state index is 3.80. The third-order valence-corrected chi connectivity index (χ3v) is 9.35. The summed E-state index contributed by atoms with van der Waals surface area (Å²) in [5, 5.41) is 1.19. The molecule has 0 amide bonds. The molecule has 0 heterocycles. The molecule has 0 nitrogen and oxygen atoms in total.